The summed E-state index contributed by atoms with van der Waals surface area (Å²) in [5, 5.41) is 14.6. The number of fused-ring (bicyclic) bond motifs is 2. The van der Waals surface area contributed by atoms with E-state index in [4.69, 9.17) is 19.4 Å². The zero-order valence-electron chi connectivity index (χ0n) is 26.8. The Morgan fingerprint density at radius 3 is 2.30 bits per heavy atom. The average molecular weight is 624 g/mol. The maximum absolute atomic E-state index is 12.8. The van der Waals surface area contributed by atoms with E-state index in [9.17, 15) is 14.4 Å². The summed E-state index contributed by atoms with van der Waals surface area (Å²) in [4.78, 5) is 47.2. The van der Waals surface area contributed by atoms with Gasteiger partial charge in [-0.15, -0.1) is 0 Å². The van der Waals surface area contributed by atoms with Gasteiger partial charge in [-0.25, -0.2) is 19.6 Å². The fraction of sp³-hybridized carbons (Fsp3) is 0.294. The van der Waals surface area contributed by atoms with Crippen LogP contribution in [-0.2, 0) is 14.3 Å². The zero-order valence-corrected chi connectivity index (χ0v) is 26.8. The molecule has 5 rings (SSSR count). The SMILES string of the molecule is C[C@@H](NC(=O)OC(C)(C)C)C(=O)Nc1cccc(-c2nc(Nc3ccc4c(cnn4C(=O)OC(C)(C)C)c3)c3ccccc3n2)c1. The molecule has 0 aliphatic heterocycles. The van der Waals surface area contributed by atoms with Gasteiger partial charge in [0.1, 0.15) is 23.1 Å². The fourth-order valence-electron chi connectivity index (χ4n) is 4.54. The number of aromatic nitrogens is 4. The van der Waals surface area contributed by atoms with Crippen molar-refractivity contribution in [3.05, 3.63) is 72.9 Å². The number of para-hydroxylation sites is 1. The van der Waals surface area contributed by atoms with Crippen LogP contribution in [0.5, 0.6) is 0 Å². The number of nitrogens with one attached hydrogen (secondary N) is 3. The summed E-state index contributed by atoms with van der Waals surface area (Å²) in [7, 11) is 0. The second-order valence-corrected chi connectivity index (χ2v) is 12.8. The maximum Gasteiger partial charge on any atom is 0.435 e. The quantitative estimate of drug-likeness (QED) is 0.181. The van der Waals surface area contributed by atoms with E-state index < -0.39 is 35.3 Å². The third-order valence-corrected chi connectivity index (χ3v) is 6.52. The summed E-state index contributed by atoms with van der Waals surface area (Å²) in [6.45, 7) is 12.2. The molecule has 0 bridgehead atoms. The van der Waals surface area contributed by atoms with Crippen LogP contribution in [-0.4, -0.2) is 55.1 Å². The minimum absolute atomic E-state index is 0.407. The minimum Gasteiger partial charge on any atom is -0.444 e. The lowest BCUT2D eigenvalue weighted by Crippen LogP contribution is -2.43. The van der Waals surface area contributed by atoms with Crippen molar-refractivity contribution in [2.75, 3.05) is 10.6 Å². The summed E-state index contributed by atoms with van der Waals surface area (Å²) in [6, 6.07) is 19.5. The summed E-state index contributed by atoms with van der Waals surface area (Å²) < 4.78 is 12.0. The number of nitrogens with zero attached hydrogens (tertiary/aromatic N) is 4. The monoisotopic (exact) mass is 623 g/mol. The number of rotatable bonds is 6. The Labute approximate surface area is 266 Å². The predicted molar refractivity (Wildman–Crippen MR) is 177 cm³/mol. The van der Waals surface area contributed by atoms with Gasteiger partial charge in [-0.05, 0) is 90.9 Å². The smallest absolute Gasteiger partial charge is 0.435 e. The maximum atomic E-state index is 12.8. The third kappa shape index (κ3) is 7.76. The van der Waals surface area contributed by atoms with Gasteiger partial charge < -0.3 is 25.4 Å². The molecule has 3 aromatic carbocycles. The highest BCUT2D eigenvalue weighted by Crippen LogP contribution is 2.30. The van der Waals surface area contributed by atoms with Crippen molar-refractivity contribution in [2.45, 2.75) is 65.7 Å². The first kappa shape index (κ1) is 31.9. The van der Waals surface area contributed by atoms with Crippen LogP contribution in [0.25, 0.3) is 33.2 Å². The molecule has 2 aromatic heterocycles. The van der Waals surface area contributed by atoms with Crippen molar-refractivity contribution in [3.8, 4) is 11.4 Å². The Balaban J connectivity index is 1.39. The minimum atomic E-state index is -0.834. The predicted octanol–water partition coefficient (Wildman–Crippen LogP) is 7.03. The molecule has 0 saturated carbocycles. The fourth-order valence-corrected chi connectivity index (χ4v) is 4.54. The van der Waals surface area contributed by atoms with Crippen LogP contribution in [0.2, 0.25) is 0 Å². The van der Waals surface area contributed by atoms with Crippen LogP contribution in [0.15, 0.2) is 72.9 Å². The first-order chi connectivity index (χ1) is 21.6. The van der Waals surface area contributed by atoms with Gasteiger partial charge in [0, 0.05) is 27.7 Å². The number of hydrogen-bond donors (Lipinski definition) is 3. The average Bonchev–Trinajstić information content (AvgIpc) is 3.39. The molecule has 2 heterocycles. The lowest BCUT2D eigenvalue weighted by Gasteiger charge is -2.21. The van der Waals surface area contributed by atoms with Crippen LogP contribution < -0.4 is 16.0 Å². The Bertz CT molecular complexity index is 1940. The van der Waals surface area contributed by atoms with E-state index in [0.717, 1.165) is 22.0 Å². The summed E-state index contributed by atoms with van der Waals surface area (Å²) in [5.41, 5.74) is 1.93. The largest absolute Gasteiger partial charge is 0.444 e. The first-order valence-electron chi connectivity index (χ1n) is 14.8. The standard InChI is InChI=1S/C34H37N7O5/c1-20(36-31(43)45-33(2,3)4)30(42)38-23-12-10-11-21(17-23)28-39-26-14-9-8-13-25(26)29(40-28)37-24-15-16-27-22(18-24)19-35-41(27)32(44)46-34(5,6)7/h8-20H,1-7H3,(H,36,43)(H,38,42)(H,37,39,40)/t20-/m1/s1. The summed E-state index contributed by atoms with van der Waals surface area (Å²) in [6.07, 6.45) is 0.379. The summed E-state index contributed by atoms with van der Waals surface area (Å²) >= 11 is 0. The van der Waals surface area contributed by atoms with Gasteiger partial charge in [-0.1, -0.05) is 24.3 Å². The molecule has 1 atom stereocenters. The van der Waals surface area contributed by atoms with Gasteiger partial charge in [0.05, 0.1) is 17.2 Å². The molecule has 238 valence electrons. The first-order valence-corrected chi connectivity index (χ1v) is 14.8. The van der Waals surface area contributed by atoms with Crippen LogP contribution in [0.3, 0.4) is 0 Å². The lowest BCUT2D eigenvalue weighted by molar-refractivity contribution is -0.117. The van der Waals surface area contributed by atoms with E-state index in [1.807, 2.05) is 42.5 Å². The molecule has 0 spiro atoms. The molecule has 2 amide bonds. The van der Waals surface area contributed by atoms with E-state index in [2.05, 4.69) is 21.0 Å². The highest BCUT2D eigenvalue weighted by atomic mass is 16.6. The van der Waals surface area contributed by atoms with E-state index in [1.54, 1.807) is 78.9 Å². The number of benzene rings is 3. The van der Waals surface area contributed by atoms with Gasteiger partial charge in [-0.2, -0.15) is 9.78 Å². The van der Waals surface area contributed by atoms with Crippen LogP contribution in [0, 0.1) is 0 Å². The number of carbonyl (C=O) groups is 3. The molecule has 0 radical (unpaired) electrons. The highest BCUT2D eigenvalue weighted by Gasteiger charge is 2.22. The van der Waals surface area contributed by atoms with Crippen LogP contribution in [0.1, 0.15) is 48.5 Å². The number of carbonyl (C=O) groups excluding carboxylic acids is 3. The Morgan fingerprint density at radius 1 is 0.826 bits per heavy atom. The van der Waals surface area contributed by atoms with Crippen molar-refractivity contribution in [2.24, 2.45) is 0 Å². The zero-order chi connectivity index (χ0) is 33.2. The van der Waals surface area contributed by atoms with E-state index in [-0.39, 0.29) is 0 Å². The highest BCUT2D eigenvalue weighted by molar-refractivity contribution is 5.97. The second kappa shape index (κ2) is 12.5. The van der Waals surface area contributed by atoms with Gasteiger partial charge in [0.15, 0.2) is 5.82 Å². The molecular formula is C34H37N7O5. The van der Waals surface area contributed by atoms with Gasteiger partial charge in [0.2, 0.25) is 5.91 Å². The molecule has 12 heteroatoms. The molecule has 0 unspecified atom stereocenters. The number of anilines is 3. The normalized spacial score (nSPS) is 12.4. The number of alkyl carbamates (subject to hydrolysis) is 1. The van der Waals surface area contributed by atoms with Gasteiger partial charge >= 0.3 is 12.2 Å². The molecule has 5 aromatic rings. The number of ether oxygens (including phenoxy) is 2. The number of amides is 2. The van der Waals surface area contributed by atoms with Crippen molar-refractivity contribution in [1.29, 1.82) is 0 Å². The third-order valence-electron chi connectivity index (χ3n) is 6.52. The van der Waals surface area contributed by atoms with Gasteiger partial charge in [0.25, 0.3) is 0 Å². The molecule has 0 saturated heterocycles. The molecule has 46 heavy (non-hydrogen) atoms. The van der Waals surface area contributed by atoms with Crippen molar-refractivity contribution in [3.63, 3.8) is 0 Å². The Morgan fingerprint density at radius 2 is 1.57 bits per heavy atom. The molecule has 12 nitrogen and oxygen atoms in total. The second-order valence-electron chi connectivity index (χ2n) is 12.8. The van der Waals surface area contributed by atoms with E-state index in [0.29, 0.717) is 28.4 Å². The molecule has 0 fully saturated rings. The molecular weight excluding hydrogens is 586 g/mol. The molecule has 3 N–H and O–H groups in total. The Hall–Kier alpha value is -5.52. The van der Waals surface area contributed by atoms with E-state index >= 15 is 0 Å². The number of hydrogen-bond acceptors (Lipinski definition) is 9. The summed E-state index contributed by atoms with van der Waals surface area (Å²) in [5.74, 6) is 0.607. The van der Waals surface area contributed by atoms with Crippen molar-refractivity contribution in [1.82, 2.24) is 25.1 Å². The van der Waals surface area contributed by atoms with E-state index in [1.165, 1.54) is 4.68 Å². The Kier molecular flexibility index (Phi) is 8.64. The van der Waals surface area contributed by atoms with Crippen molar-refractivity contribution >= 4 is 57.1 Å². The van der Waals surface area contributed by atoms with Crippen molar-refractivity contribution < 1.29 is 23.9 Å². The lowest BCUT2D eigenvalue weighted by atomic mass is 10.1. The molecule has 0 aliphatic carbocycles. The van der Waals surface area contributed by atoms with Gasteiger partial charge in [-0.3, -0.25) is 4.79 Å². The van der Waals surface area contributed by atoms with Crippen LogP contribution in [0.4, 0.5) is 26.8 Å². The molecule has 0 aliphatic rings. The van der Waals surface area contributed by atoms with Crippen LogP contribution >= 0.6 is 0 Å². The topological polar surface area (TPSA) is 149 Å².